The van der Waals surface area contributed by atoms with E-state index in [1.807, 2.05) is 0 Å². The Morgan fingerprint density at radius 1 is 1.00 bits per heavy atom. The lowest BCUT2D eigenvalue weighted by Crippen LogP contribution is -2.38. The fourth-order valence-corrected chi connectivity index (χ4v) is 2.11. The fourth-order valence-electron chi connectivity index (χ4n) is 2.11. The Labute approximate surface area is 121 Å². The van der Waals surface area contributed by atoms with Gasteiger partial charge in [0.25, 0.3) is 0 Å². The van der Waals surface area contributed by atoms with Gasteiger partial charge in [-0.2, -0.15) is 0 Å². The van der Waals surface area contributed by atoms with Gasteiger partial charge in [0.15, 0.2) is 0 Å². The Balaban J connectivity index is 0.000000192. The maximum absolute atomic E-state index is 4.96. The van der Waals surface area contributed by atoms with Crippen LogP contribution in [0.1, 0.15) is 0 Å². The van der Waals surface area contributed by atoms with Crippen LogP contribution >= 0.6 is 0 Å². The number of nitrogens with zero attached hydrogens (tertiary/aromatic N) is 2. The van der Waals surface area contributed by atoms with E-state index in [9.17, 15) is 0 Å². The normalized spacial score (nSPS) is 12.8. The number of benzene rings is 1. The molecule has 8 radical (unpaired) electrons. The van der Waals surface area contributed by atoms with Gasteiger partial charge in [0.2, 0.25) is 0 Å². The highest BCUT2D eigenvalue weighted by molar-refractivity contribution is 7.76. The predicted octanol–water partition coefficient (Wildman–Crippen LogP) is -0.194. The van der Waals surface area contributed by atoms with E-state index in [4.69, 9.17) is 30.9 Å². The van der Waals surface area contributed by atoms with E-state index in [-0.39, 0.29) is 0 Å². The molecule has 8 heteroatoms. The first-order valence-electron chi connectivity index (χ1n) is 6.32. The van der Waals surface area contributed by atoms with E-state index in [0.29, 0.717) is 0 Å². The first-order valence-corrected chi connectivity index (χ1v) is 6.32. The average Bonchev–Trinajstić information content (AvgIpc) is 2.79. The van der Waals surface area contributed by atoms with Crippen LogP contribution in [0, 0.1) is 0 Å². The Hall–Kier alpha value is -1.05. The van der Waals surface area contributed by atoms with Crippen LogP contribution in [0.3, 0.4) is 0 Å². The minimum atomic E-state index is -0.593. The Morgan fingerprint density at radius 2 is 1.68 bits per heavy atom. The van der Waals surface area contributed by atoms with E-state index in [1.165, 1.54) is 16.6 Å². The van der Waals surface area contributed by atoms with Crippen molar-refractivity contribution in [2.75, 3.05) is 18.5 Å². The van der Waals surface area contributed by atoms with Crippen LogP contribution in [-0.2, 0) is 6.54 Å². The van der Waals surface area contributed by atoms with Crippen molar-refractivity contribution in [2.45, 2.75) is 6.54 Å². The van der Waals surface area contributed by atoms with Crippen molar-refractivity contribution in [1.82, 2.24) is 4.57 Å². The van der Waals surface area contributed by atoms with Gasteiger partial charge in [0, 0.05) is 75.4 Å². The molecule has 0 saturated heterocycles. The average molecular weight is 237 g/mol. The summed E-state index contributed by atoms with van der Waals surface area (Å²) in [4.78, 5) is 2.32. The van der Waals surface area contributed by atoms with E-state index < -0.39 is 12.8 Å². The van der Waals surface area contributed by atoms with Gasteiger partial charge >= 0.3 is 0 Å². The number of aromatic nitrogens is 1. The first kappa shape index (κ1) is 14.4. The number of anilines is 1. The number of hydrogen-bond acceptors (Lipinski definition) is 1. The lowest BCUT2D eigenvalue weighted by molar-refractivity contribution is 0.685. The first-order chi connectivity index (χ1) is 9.00. The molecule has 0 amide bonds. The molecule has 1 aliphatic rings. The molecule has 0 atom stereocenters. The summed E-state index contributed by atoms with van der Waals surface area (Å²) in [6, 6.07) is 8.69. The van der Waals surface area contributed by atoms with Gasteiger partial charge in [0.05, 0.1) is 11.2 Å². The zero-order valence-electron chi connectivity index (χ0n) is 11.2. The van der Waals surface area contributed by atoms with E-state index in [2.05, 4.69) is 47.0 Å². The number of rotatable bonds is 1. The van der Waals surface area contributed by atoms with E-state index in [1.54, 1.807) is 0 Å². The number of para-hydroxylation sites is 1. The number of hydrogen-bond donors (Lipinski definition) is 0. The molecular formula is C11H12B6N2. The Kier molecular flexibility index (Phi) is 4.49. The molecule has 0 spiro atoms. The molecule has 2 nitrogen and oxygen atoms in total. The summed E-state index contributed by atoms with van der Waals surface area (Å²) in [6.45, 7) is 2.22. The summed E-state index contributed by atoms with van der Waals surface area (Å²) in [6.07, 6.45) is 0.997. The van der Waals surface area contributed by atoms with Crippen LogP contribution in [0.5, 0.6) is 0 Å². The molecule has 0 aliphatic carbocycles. The molecule has 2 aromatic rings. The van der Waals surface area contributed by atoms with Crippen molar-refractivity contribution in [3.05, 3.63) is 30.5 Å². The molecule has 3 rings (SSSR count). The fraction of sp³-hybridized carbons (Fsp3) is 0.273. The van der Waals surface area contributed by atoms with E-state index >= 15 is 0 Å². The summed E-state index contributed by atoms with van der Waals surface area (Å²) in [5.41, 5.74) is 2.74. The molecule has 0 fully saturated rings. The second-order valence-electron chi connectivity index (χ2n) is 4.80. The number of likely N-dealkylation sites (N-methyl/N-ethyl adjacent to an activating group) is 1. The Bertz CT molecular complexity index is 547. The SMILES string of the molecule is CN1CCn2ccc3cccc1c32.[B]B([B])B([B])[B]. The van der Waals surface area contributed by atoms with Gasteiger partial charge in [0.1, 0.15) is 0 Å². The minimum Gasteiger partial charge on any atom is -0.371 e. The zero-order chi connectivity index (χ0) is 14.0. The van der Waals surface area contributed by atoms with Crippen molar-refractivity contribution in [1.29, 1.82) is 0 Å². The molecule has 0 unspecified atom stereocenters. The summed E-state index contributed by atoms with van der Waals surface area (Å²) < 4.78 is 2.34. The summed E-state index contributed by atoms with van der Waals surface area (Å²) in [7, 11) is 22.0. The van der Waals surface area contributed by atoms with Crippen molar-refractivity contribution >= 4 is 60.3 Å². The largest absolute Gasteiger partial charge is 0.371 e. The van der Waals surface area contributed by atoms with Gasteiger partial charge in [-0.1, -0.05) is 12.1 Å². The highest BCUT2D eigenvalue weighted by Crippen LogP contribution is 2.29. The van der Waals surface area contributed by atoms with Crippen LogP contribution in [-0.4, -0.2) is 61.9 Å². The standard InChI is InChI=1S/C11H12N2.B6/c1-12-7-8-13-6-5-9-3-2-4-10(12)11(9)13;1-5(2)6(3)4/h2-6H,7-8H2,1H3;. The van der Waals surface area contributed by atoms with E-state index in [0.717, 1.165) is 13.1 Å². The second-order valence-corrected chi connectivity index (χ2v) is 4.80. The third-order valence-corrected chi connectivity index (χ3v) is 3.30. The smallest absolute Gasteiger partial charge is 0.0718 e. The van der Waals surface area contributed by atoms with Crippen molar-refractivity contribution < 1.29 is 0 Å². The highest BCUT2D eigenvalue weighted by Gasteiger charge is 2.14. The van der Waals surface area contributed by atoms with Crippen LogP contribution in [0.15, 0.2) is 30.5 Å². The predicted molar refractivity (Wildman–Crippen MR) is 89.7 cm³/mol. The van der Waals surface area contributed by atoms with Crippen molar-refractivity contribution in [3.63, 3.8) is 0 Å². The molecule has 0 N–H and O–H groups in total. The van der Waals surface area contributed by atoms with Gasteiger partial charge < -0.3 is 9.47 Å². The van der Waals surface area contributed by atoms with Crippen LogP contribution in [0.4, 0.5) is 5.69 Å². The van der Waals surface area contributed by atoms with Gasteiger partial charge in [-0.25, -0.2) is 0 Å². The van der Waals surface area contributed by atoms with Gasteiger partial charge in [-0.3, -0.25) is 0 Å². The molecule has 1 aromatic carbocycles. The molecule has 0 saturated carbocycles. The summed E-state index contributed by atoms with van der Waals surface area (Å²) in [5.74, 6) is 0. The molecule has 1 aliphatic heterocycles. The Morgan fingerprint density at radius 3 is 2.32 bits per heavy atom. The second kappa shape index (κ2) is 5.94. The molecule has 0 bridgehead atoms. The summed E-state index contributed by atoms with van der Waals surface area (Å²) >= 11 is 0. The van der Waals surface area contributed by atoms with Gasteiger partial charge in [-0.05, 0) is 12.1 Å². The van der Waals surface area contributed by atoms with Crippen LogP contribution in [0.25, 0.3) is 10.9 Å². The monoisotopic (exact) mass is 238 g/mol. The van der Waals surface area contributed by atoms with Crippen LogP contribution < -0.4 is 4.90 Å². The third kappa shape index (κ3) is 3.10. The summed E-state index contributed by atoms with van der Waals surface area (Å²) in [5, 5.41) is 1.35. The lowest BCUT2D eigenvalue weighted by Gasteiger charge is -2.26. The molecule has 84 valence electrons. The molecular weight excluding hydrogens is 225 g/mol. The highest BCUT2D eigenvalue weighted by atomic mass is 15.2. The molecule has 19 heavy (non-hydrogen) atoms. The lowest BCUT2D eigenvalue weighted by atomic mass is 8.81. The zero-order valence-corrected chi connectivity index (χ0v) is 11.2. The topological polar surface area (TPSA) is 8.17 Å². The maximum Gasteiger partial charge on any atom is 0.0718 e. The molecule has 1 aromatic heterocycles. The quantitative estimate of drug-likeness (QED) is 0.624. The van der Waals surface area contributed by atoms with Crippen molar-refractivity contribution in [2.24, 2.45) is 0 Å². The van der Waals surface area contributed by atoms with Gasteiger partial charge in [-0.15, -0.1) is 0 Å². The molecule has 2 heterocycles. The third-order valence-electron chi connectivity index (χ3n) is 3.30. The van der Waals surface area contributed by atoms with Crippen LogP contribution in [0.2, 0.25) is 0 Å². The maximum atomic E-state index is 4.96. The minimum absolute atomic E-state index is 0.593. The van der Waals surface area contributed by atoms with Crippen molar-refractivity contribution in [3.8, 4) is 0 Å².